The summed E-state index contributed by atoms with van der Waals surface area (Å²) in [5.74, 6) is -6.03. The van der Waals surface area contributed by atoms with E-state index in [1.807, 2.05) is 0 Å². The molecule has 37 heavy (non-hydrogen) atoms. The summed E-state index contributed by atoms with van der Waals surface area (Å²) in [5.41, 5.74) is -4.42. The van der Waals surface area contributed by atoms with Crippen molar-refractivity contribution in [2.45, 2.75) is 119 Å². The number of rotatable bonds is 8. The lowest BCUT2D eigenvalue weighted by molar-refractivity contribution is -0.274. The van der Waals surface area contributed by atoms with Gasteiger partial charge >= 0.3 is 17.1 Å². The quantitative estimate of drug-likeness (QED) is 0.261. The fourth-order valence-corrected chi connectivity index (χ4v) is 9.91. The van der Waals surface area contributed by atoms with Gasteiger partial charge in [-0.05, 0) is 70.1 Å². The zero-order valence-electron chi connectivity index (χ0n) is 20.7. The van der Waals surface area contributed by atoms with Gasteiger partial charge in [0.1, 0.15) is 0 Å². The van der Waals surface area contributed by atoms with Gasteiger partial charge in [0.05, 0.1) is 29.6 Å². The Hall–Kier alpha value is -0.980. The van der Waals surface area contributed by atoms with Crippen molar-refractivity contribution in [3.05, 3.63) is 0 Å². The summed E-state index contributed by atoms with van der Waals surface area (Å²) in [7, 11) is -6.63. The van der Waals surface area contributed by atoms with Crippen LogP contribution in [0.4, 0.5) is 17.6 Å². The van der Waals surface area contributed by atoms with Crippen molar-refractivity contribution >= 4 is 16.1 Å². The van der Waals surface area contributed by atoms with Crippen LogP contribution in [0.5, 0.6) is 0 Å². The number of ether oxygens (including phenoxy) is 1. The van der Waals surface area contributed by atoms with E-state index < -0.39 is 67.7 Å². The van der Waals surface area contributed by atoms with E-state index in [1.165, 1.54) is 0 Å². The summed E-state index contributed by atoms with van der Waals surface area (Å²) < 4.78 is 92.1. The van der Waals surface area contributed by atoms with Crippen molar-refractivity contribution in [2.24, 2.45) is 22.2 Å². The summed E-state index contributed by atoms with van der Waals surface area (Å²) in [6.07, 6.45) is 6.91. The molecule has 0 radical (unpaired) electrons. The van der Waals surface area contributed by atoms with Crippen LogP contribution in [-0.4, -0.2) is 58.1 Å². The van der Waals surface area contributed by atoms with Gasteiger partial charge in [-0.1, -0.05) is 25.7 Å². The number of aliphatic hydroxyl groups is 2. The minimum atomic E-state index is -6.63. The molecular weight excluding hydrogens is 520 g/mol. The van der Waals surface area contributed by atoms with Crippen molar-refractivity contribution in [1.29, 1.82) is 0 Å². The number of halogens is 4. The van der Waals surface area contributed by atoms with Gasteiger partial charge < -0.3 is 19.5 Å². The molecule has 0 aromatic rings. The van der Waals surface area contributed by atoms with Gasteiger partial charge in [-0.2, -0.15) is 17.6 Å². The summed E-state index contributed by atoms with van der Waals surface area (Å²) in [5, 5.41) is 17.8. The highest BCUT2D eigenvalue weighted by Crippen LogP contribution is 2.77. The number of esters is 1. The van der Waals surface area contributed by atoms with Crippen LogP contribution >= 0.6 is 0 Å². The Bertz CT molecular complexity index is 1010. The lowest BCUT2D eigenvalue weighted by Gasteiger charge is -2.71. The van der Waals surface area contributed by atoms with Crippen LogP contribution in [0.3, 0.4) is 0 Å². The Labute approximate surface area is 214 Å². The maximum atomic E-state index is 14.0. The van der Waals surface area contributed by atoms with Crippen LogP contribution in [-0.2, 0) is 19.6 Å². The molecule has 0 heterocycles. The van der Waals surface area contributed by atoms with Crippen LogP contribution in [0.25, 0.3) is 0 Å². The second-order valence-corrected chi connectivity index (χ2v) is 14.3. The standard InChI is InChI=1S/C25H36F4O7S/c26-24(27,25(28,29)37(33,34)35)9-10-36-18(30)19-11-17-12-20(14-19,22(31)5-1-2-6-22)16-21(13-17,15-19)23(32)7-3-4-8-23/h17,31-32H,1-16H2,(H,33,34,35)/p-1. The summed E-state index contributed by atoms with van der Waals surface area (Å²) >= 11 is 0. The summed E-state index contributed by atoms with van der Waals surface area (Å²) in [6, 6.07) is 0. The molecule has 2 unspecified atom stereocenters. The van der Waals surface area contributed by atoms with Crippen LogP contribution in [0, 0.1) is 22.2 Å². The SMILES string of the molecule is O=C(OCCC(F)(F)C(F)(F)S(=O)(=O)[O-])C12CC3CC(C4(O)CCCC4)(C1)CC(C1(O)CCCC1)(C3)C2. The minimum Gasteiger partial charge on any atom is -0.743 e. The zero-order chi connectivity index (χ0) is 27.2. The van der Waals surface area contributed by atoms with E-state index >= 15 is 0 Å². The first-order valence-corrected chi connectivity index (χ1v) is 14.7. The molecular formula is C25H35F4O7S-. The third-order valence-corrected chi connectivity index (χ3v) is 11.7. The summed E-state index contributed by atoms with van der Waals surface area (Å²) in [4.78, 5) is 13.6. The molecule has 4 bridgehead atoms. The Balaban J connectivity index is 1.42. The molecule has 6 saturated carbocycles. The average molecular weight is 556 g/mol. The van der Waals surface area contributed by atoms with Gasteiger partial charge in [-0.3, -0.25) is 4.79 Å². The van der Waals surface area contributed by atoms with Gasteiger partial charge in [0.25, 0.3) is 0 Å². The molecule has 6 aliphatic carbocycles. The van der Waals surface area contributed by atoms with Gasteiger partial charge in [0.15, 0.2) is 10.1 Å². The number of carbonyl (C=O) groups is 1. The molecule has 7 nitrogen and oxygen atoms in total. The minimum absolute atomic E-state index is 0.0226. The number of carbonyl (C=O) groups excluding carboxylic acids is 1. The maximum Gasteiger partial charge on any atom is 0.396 e. The van der Waals surface area contributed by atoms with E-state index in [9.17, 15) is 45.5 Å². The molecule has 0 amide bonds. The van der Waals surface area contributed by atoms with Crippen molar-refractivity contribution in [3.8, 4) is 0 Å². The number of hydrogen-bond donors (Lipinski definition) is 2. The average Bonchev–Trinajstić information content (AvgIpc) is 3.42. The molecule has 6 fully saturated rings. The molecule has 2 N–H and O–H groups in total. The smallest absolute Gasteiger partial charge is 0.396 e. The van der Waals surface area contributed by atoms with Crippen LogP contribution in [0.2, 0.25) is 0 Å². The largest absolute Gasteiger partial charge is 0.743 e. The Morgan fingerprint density at radius 2 is 1.32 bits per heavy atom. The topological polar surface area (TPSA) is 124 Å². The van der Waals surface area contributed by atoms with Gasteiger partial charge in [-0.15, -0.1) is 0 Å². The van der Waals surface area contributed by atoms with E-state index in [0.717, 1.165) is 25.7 Å². The fourth-order valence-electron chi connectivity index (χ4n) is 9.44. The lowest BCUT2D eigenvalue weighted by atomic mass is 9.34. The molecule has 12 heteroatoms. The first-order chi connectivity index (χ1) is 16.9. The van der Waals surface area contributed by atoms with E-state index in [4.69, 9.17) is 4.74 Å². The van der Waals surface area contributed by atoms with Crippen LogP contribution < -0.4 is 0 Å². The molecule has 0 aromatic heterocycles. The van der Waals surface area contributed by atoms with Crippen molar-refractivity contribution in [3.63, 3.8) is 0 Å². The van der Waals surface area contributed by atoms with Gasteiger partial charge in [0, 0.05) is 10.8 Å². The van der Waals surface area contributed by atoms with E-state index in [0.29, 0.717) is 51.4 Å². The third kappa shape index (κ3) is 3.89. The molecule has 212 valence electrons. The normalized spacial score (nSPS) is 38.7. The second kappa shape index (κ2) is 8.27. The first-order valence-electron chi connectivity index (χ1n) is 13.3. The van der Waals surface area contributed by atoms with Crippen molar-refractivity contribution in [2.75, 3.05) is 6.61 Å². The number of hydrogen-bond acceptors (Lipinski definition) is 7. The summed E-state index contributed by atoms with van der Waals surface area (Å²) in [6.45, 7) is -1.18. The van der Waals surface area contributed by atoms with Gasteiger partial charge in [-0.25, -0.2) is 8.42 Å². The highest BCUT2D eigenvalue weighted by atomic mass is 32.2. The molecule has 0 saturated heterocycles. The molecule has 0 aliphatic heterocycles. The highest BCUT2D eigenvalue weighted by molar-refractivity contribution is 7.86. The predicted octanol–water partition coefficient (Wildman–Crippen LogP) is 4.26. The van der Waals surface area contributed by atoms with Gasteiger partial charge in [0.2, 0.25) is 0 Å². The Morgan fingerprint density at radius 3 is 1.76 bits per heavy atom. The first kappa shape index (κ1) is 27.6. The molecule has 0 spiro atoms. The van der Waals surface area contributed by atoms with E-state index in [1.54, 1.807) is 0 Å². The third-order valence-electron chi connectivity index (χ3n) is 10.7. The Kier molecular flexibility index (Phi) is 6.16. The zero-order valence-corrected chi connectivity index (χ0v) is 21.6. The molecule has 6 aliphatic rings. The van der Waals surface area contributed by atoms with Crippen molar-refractivity contribution in [1.82, 2.24) is 0 Å². The molecule has 6 rings (SSSR count). The van der Waals surface area contributed by atoms with E-state index in [-0.39, 0.29) is 18.8 Å². The predicted molar refractivity (Wildman–Crippen MR) is 120 cm³/mol. The Morgan fingerprint density at radius 1 is 0.865 bits per heavy atom. The maximum absolute atomic E-state index is 14.0. The lowest BCUT2D eigenvalue weighted by Crippen LogP contribution is -2.69. The monoisotopic (exact) mass is 555 g/mol. The van der Waals surface area contributed by atoms with Crippen LogP contribution in [0.1, 0.15) is 96.3 Å². The molecule has 2 atom stereocenters. The molecule has 0 aromatic carbocycles. The van der Waals surface area contributed by atoms with Crippen molar-refractivity contribution < 1.29 is 50.3 Å². The number of alkyl halides is 4. The second-order valence-electron chi connectivity index (χ2n) is 12.9. The van der Waals surface area contributed by atoms with Crippen LogP contribution in [0.15, 0.2) is 0 Å². The highest BCUT2D eigenvalue weighted by Gasteiger charge is 2.74. The van der Waals surface area contributed by atoms with E-state index in [2.05, 4.69) is 0 Å². The fraction of sp³-hybridized carbons (Fsp3) is 0.960.